The number of rotatable bonds is 5. The van der Waals surface area contributed by atoms with Crippen LogP contribution in [0.3, 0.4) is 0 Å². The SMILES string of the molecule is COc1cccc(C(=O)Nc2cccc(-n3c(C)nc4ncccc4c3=O)c2)c1OC. The van der Waals surface area contributed by atoms with Crippen LogP contribution < -0.4 is 20.3 Å². The normalized spacial score (nSPS) is 10.7. The summed E-state index contributed by atoms with van der Waals surface area (Å²) in [7, 11) is 2.99. The van der Waals surface area contributed by atoms with Crippen molar-refractivity contribution in [3.8, 4) is 17.2 Å². The number of para-hydroxylation sites is 1. The quantitative estimate of drug-likeness (QED) is 0.536. The van der Waals surface area contributed by atoms with Gasteiger partial charge in [-0.1, -0.05) is 12.1 Å². The highest BCUT2D eigenvalue weighted by atomic mass is 16.5. The van der Waals surface area contributed by atoms with Crippen molar-refractivity contribution in [2.75, 3.05) is 19.5 Å². The van der Waals surface area contributed by atoms with E-state index >= 15 is 0 Å². The van der Waals surface area contributed by atoms with Crippen molar-refractivity contribution in [1.29, 1.82) is 0 Å². The minimum atomic E-state index is -0.363. The number of nitrogens with one attached hydrogen (secondary N) is 1. The van der Waals surface area contributed by atoms with Crippen molar-refractivity contribution >= 4 is 22.6 Å². The molecule has 0 aliphatic heterocycles. The zero-order chi connectivity index (χ0) is 22.0. The van der Waals surface area contributed by atoms with Gasteiger partial charge in [-0.05, 0) is 49.4 Å². The summed E-state index contributed by atoms with van der Waals surface area (Å²) < 4.78 is 12.1. The number of aromatic nitrogens is 3. The van der Waals surface area contributed by atoms with Gasteiger partial charge in [0, 0.05) is 11.9 Å². The Morgan fingerprint density at radius 3 is 2.61 bits per heavy atom. The number of carbonyl (C=O) groups is 1. The number of benzene rings is 2. The first-order valence-corrected chi connectivity index (χ1v) is 9.50. The third kappa shape index (κ3) is 3.71. The van der Waals surface area contributed by atoms with Crippen molar-refractivity contribution in [2.24, 2.45) is 0 Å². The average molecular weight is 416 g/mol. The average Bonchev–Trinajstić information content (AvgIpc) is 2.78. The number of ether oxygens (including phenoxy) is 2. The number of amides is 1. The lowest BCUT2D eigenvalue weighted by Crippen LogP contribution is -2.23. The molecular weight excluding hydrogens is 396 g/mol. The molecule has 156 valence electrons. The fourth-order valence-corrected chi connectivity index (χ4v) is 3.41. The van der Waals surface area contributed by atoms with E-state index in [1.54, 1.807) is 67.7 Å². The summed E-state index contributed by atoms with van der Waals surface area (Å²) in [6.45, 7) is 1.74. The maximum Gasteiger partial charge on any atom is 0.267 e. The maximum absolute atomic E-state index is 13.0. The van der Waals surface area contributed by atoms with Gasteiger partial charge in [0.2, 0.25) is 0 Å². The molecule has 0 bridgehead atoms. The summed E-state index contributed by atoms with van der Waals surface area (Å²) in [5.74, 6) is 0.936. The van der Waals surface area contributed by atoms with Gasteiger partial charge >= 0.3 is 0 Å². The second-order valence-electron chi connectivity index (χ2n) is 6.72. The summed E-state index contributed by atoms with van der Waals surface area (Å²) in [6.07, 6.45) is 1.60. The van der Waals surface area contributed by atoms with Crippen molar-refractivity contribution < 1.29 is 14.3 Å². The number of hydrogen-bond donors (Lipinski definition) is 1. The summed E-state index contributed by atoms with van der Waals surface area (Å²) in [5, 5.41) is 3.27. The van der Waals surface area contributed by atoms with Crippen LogP contribution in [-0.4, -0.2) is 34.7 Å². The van der Waals surface area contributed by atoms with Gasteiger partial charge in [0.1, 0.15) is 5.82 Å². The first-order valence-electron chi connectivity index (χ1n) is 9.50. The van der Waals surface area contributed by atoms with Crippen LogP contribution >= 0.6 is 0 Å². The molecule has 2 aromatic heterocycles. The Morgan fingerprint density at radius 2 is 1.84 bits per heavy atom. The molecule has 4 aromatic rings. The smallest absolute Gasteiger partial charge is 0.267 e. The highest BCUT2D eigenvalue weighted by molar-refractivity contribution is 6.06. The predicted octanol–water partition coefficient (Wildman–Crippen LogP) is 3.36. The van der Waals surface area contributed by atoms with Crippen LogP contribution in [0.2, 0.25) is 0 Å². The van der Waals surface area contributed by atoms with Gasteiger partial charge in [-0.25, -0.2) is 9.97 Å². The molecule has 1 N–H and O–H groups in total. The Kier molecular flexibility index (Phi) is 5.36. The Hall–Kier alpha value is -4.20. The van der Waals surface area contributed by atoms with Crippen molar-refractivity contribution in [1.82, 2.24) is 14.5 Å². The summed E-state index contributed by atoms with van der Waals surface area (Å²) in [6, 6.07) is 15.4. The van der Waals surface area contributed by atoms with Crippen LogP contribution in [0.1, 0.15) is 16.2 Å². The molecule has 0 saturated heterocycles. The first kappa shape index (κ1) is 20.1. The Morgan fingerprint density at radius 1 is 1.03 bits per heavy atom. The van der Waals surface area contributed by atoms with Gasteiger partial charge in [0.25, 0.3) is 11.5 Å². The van der Waals surface area contributed by atoms with E-state index < -0.39 is 0 Å². The number of pyridine rings is 1. The van der Waals surface area contributed by atoms with E-state index in [1.807, 2.05) is 0 Å². The van der Waals surface area contributed by atoms with Crippen molar-refractivity contribution in [2.45, 2.75) is 6.92 Å². The van der Waals surface area contributed by atoms with Crippen LogP contribution in [0.5, 0.6) is 11.5 Å². The lowest BCUT2D eigenvalue weighted by Gasteiger charge is -2.14. The van der Waals surface area contributed by atoms with Crippen molar-refractivity contribution in [3.05, 3.63) is 82.5 Å². The lowest BCUT2D eigenvalue weighted by molar-refractivity contribution is 0.102. The molecule has 0 unspecified atom stereocenters. The number of methoxy groups -OCH3 is 2. The van der Waals surface area contributed by atoms with Gasteiger partial charge in [0.15, 0.2) is 17.1 Å². The molecule has 8 heteroatoms. The van der Waals surface area contributed by atoms with Crippen LogP contribution in [0.4, 0.5) is 5.69 Å². The third-order valence-corrected chi connectivity index (χ3v) is 4.82. The number of fused-ring (bicyclic) bond motifs is 1. The number of hydrogen-bond acceptors (Lipinski definition) is 6. The standard InChI is InChI=1S/C23H20N4O4/c1-14-25-21-18(10-6-12-24-21)23(29)27(14)16-8-4-7-15(13-16)26-22(28)17-9-5-11-19(30-2)20(17)31-3/h4-13H,1-3H3,(H,26,28). The molecule has 2 aromatic carbocycles. The zero-order valence-corrected chi connectivity index (χ0v) is 17.2. The molecule has 0 fully saturated rings. The molecule has 1 amide bonds. The van der Waals surface area contributed by atoms with E-state index in [-0.39, 0.29) is 11.5 Å². The van der Waals surface area contributed by atoms with Crippen molar-refractivity contribution in [3.63, 3.8) is 0 Å². The Labute approximate surface area is 178 Å². The molecule has 8 nitrogen and oxygen atoms in total. The number of carbonyl (C=O) groups excluding carboxylic acids is 1. The fourth-order valence-electron chi connectivity index (χ4n) is 3.41. The highest BCUT2D eigenvalue weighted by Gasteiger charge is 2.17. The molecule has 0 saturated carbocycles. The fraction of sp³-hybridized carbons (Fsp3) is 0.130. The van der Waals surface area contributed by atoms with Gasteiger partial charge in [0.05, 0.1) is 30.9 Å². The van der Waals surface area contributed by atoms with E-state index in [2.05, 4.69) is 15.3 Å². The second-order valence-corrected chi connectivity index (χ2v) is 6.72. The van der Waals surface area contributed by atoms with Crippen LogP contribution in [0.25, 0.3) is 16.7 Å². The summed E-state index contributed by atoms with van der Waals surface area (Å²) in [4.78, 5) is 34.5. The van der Waals surface area contributed by atoms with E-state index in [0.29, 0.717) is 45.3 Å². The number of anilines is 1. The molecule has 0 aliphatic carbocycles. The van der Waals surface area contributed by atoms with Gasteiger partial charge in [-0.3, -0.25) is 14.2 Å². The maximum atomic E-state index is 13.0. The minimum absolute atomic E-state index is 0.228. The van der Waals surface area contributed by atoms with Crippen LogP contribution in [-0.2, 0) is 0 Å². The molecule has 0 spiro atoms. The number of aryl methyl sites for hydroxylation is 1. The monoisotopic (exact) mass is 416 g/mol. The molecule has 2 heterocycles. The van der Waals surface area contributed by atoms with Gasteiger partial charge < -0.3 is 14.8 Å². The largest absolute Gasteiger partial charge is 0.493 e. The molecule has 0 radical (unpaired) electrons. The minimum Gasteiger partial charge on any atom is -0.493 e. The molecular formula is C23H20N4O4. The van der Waals surface area contributed by atoms with E-state index in [1.165, 1.54) is 18.8 Å². The molecule has 4 rings (SSSR count). The lowest BCUT2D eigenvalue weighted by atomic mass is 10.1. The summed E-state index contributed by atoms with van der Waals surface area (Å²) in [5.41, 5.74) is 1.60. The molecule has 31 heavy (non-hydrogen) atoms. The Balaban J connectivity index is 1.72. The van der Waals surface area contributed by atoms with Gasteiger partial charge in [-0.2, -0.15) is 0 Å². The second kappa shape index (κ2) is 8.27. The van der Waals surface area contributed by atoms with Gasteiger partial charge in [-0.15, -0.1) is 0 Å². The first-order chi connectivity index (χ1) is 15.0. The molecule has 0 atom stereocenters. The highest BCUT2D eigenvalue weighted by Crippen LogP contribution is 2.31. The van der Waals surface area contributed by atoms with E-state index in [4.69, 9.17) is 9.47 Å². The Bertz CT molecular complexity index is 1350. The third-order valence-electron chi connectivity index (χ3n) is 4.82. The van der Waals surface area contributed by atoms with E-state index in [9.17, 15) is 9.59 Å². The number of nitrogens with zero attached hydrogens (tertiary/aromatic N) is 3. The summed E-state index contributed by atoms with van der Waals surface area (Å²) >= 11 is 0. The topological polar surface area (TPSA) is 95.3 Å². The van der Waals surface area contributed by atoms with E-state index in [0.717, 1.165) is 0 Å². The van der Waals surface area contributed by atoms with Crippen LogP contribution in [0.15, 0.2) is 65.6 Å². The van der Waals surface area contributed by atoms with Crippen LogP contribution in [0, 0.1) is 6.92 Å². The predicted molar refractivity (Wildman–Crippen MR) is 117 cm³/mol. The zero-order valence-electron chi connectivity index (χ0n) is 17.2. The molecule has 0 aliphatic rings.